The molecule has 0 aliphatic carbocycles. The third-order valence-electron chi connectivity index (χ3n) is 2.53. The molecule has 0 bridgehead atoms. The van der Waals surface area contributed by atoms with Crippen molar-refractivity contribution in [2.75, 3.05) is 30.8 Å². The lowest BCUT2D eigenvalue weighted by Gasteiger charge is -2.19. The second kappa shape index (κ2) is 3.74. The SMILES string of the molecule is COc1c(N)ccnc1N1CCCC1. The van der Waals surface area contributed by atoms with Crippen LogP contribution in [0, 0.1) is 0 Å². The zero-order chi connectivity index (χ0) is 9.97. The van der Waals surface area contributed by atoms with E-state index in [0.717, 1.165) is 18.9 Å². The van der Waals surface area contributed by atoms with E-state index in [-0.39, 0.29) is 0 Å². The van der Waals surface area contributed by atoms with Crippen LogP contribution in [0.15, 0.2) is 12.3 Å². The van der Waals surface area contributed by atoms with Crippen molar-refractivity contribution in [2.24, 2.45) is 0 Å². The minimum Gasteiger partial charge on any atom is -0.491 e. The topological polar surface area (TPSA) is 51.4 Å². The fourth-order valence-electron chi connectivity index (χ4n) is 1.81. The summed E-state index contributed by atoms with van der Waals surface area (Å²) in [4.78, 5) is 6.53. The molecule has 0 spiro atoms. The van der Waals surface area contributed by atoms with Crippen molar-refractivity contribution in [3.63, 3.8) is 0 Å². The fraction of sp³-hybridized carbons (Fsp3) is 0.500. The zero-order valence-corrected chi connectivity index (χ0v) is 8.36. The predicted octanol–water partition coefficient (Wildman–Crippen LogP) is 1.27. The Morgan fingerprint density at radius 2 is 2.14 bits per heavy atom. The molecule has 0 saturated carbocycles. The second-order valence-corrected chi connectivity index (χ2v) is 3.45. The summed E-state index contributed by atoms with van der Waals surface area (Å²) < 4.78 is 5.26. The van der Waals surface area contributed by atoms with Crippen LogP contribution in [0.3, 0.4) is 0 Å². The van der Waals surface area contributed by atoms with Crippen LogP contribution in [0.25, 0.3) is 0 Å². The first kappa shape index (κ1) is 9.12. The second-order valence-electron chi connectivity index (χ2n) is 3.45. The monoisotopic (exact) mass is 193 g/mol. The number of ether oxygens (including phenoxy) is 1. The molecular formula is C10H15N3O. The fourth-order valence-corrected chi connectivity index (χ4v) is 1.81. The number of nitrogen functional groups attached to an aromatic ring is 1. The number of hydrogen-bond acceptors (Lipinski definition) is 4. The first-order chi connectivity index (χ1) is 6.83. The van der Waals surface area contributed by atoms with Gasteiger partial charge in [-0.25, -0.2) is 4.98 Å². The Labute approximate surface area is 83.7 Å². The largest absolute Gasteiger partial charge is 0.491 e. The Morgan fingerprint density at radius 3 is 2.79 bits per heavy atom. The van der Waals surface area contributed by atoms with Crippen molar-refractivity contribution in [3.8, 4) is 5.75 Å². The quantitative estimate of drug-likeness (QED) is 0.768. The highest BCUT2D eigenvalue weighted by atomic mass is 16.5. The van der Waals surface area contributed by atoms with Gasteiger partial charge in [-0.2, -0.15) is 0 Å². The first-order valence-corrected chi connectivity index (χ1v) is 4.86. The molecule has 4 nitrogen and oxygen atoms in total. The van der Waals surface area contributed by atoms with Gasteiger partial charge in [-0.05, 0) is 18.9 Å². The molecule has 76 valence electrons. The van der Waals surface area contributed by atoms with Gasteiger partial charge < -0.3 is 15.4 Å². The van der Waals surface area contributed by atoms with Crippen LogP contribution in [0.2, 0.25) is 0 Å². The maximum absolute atomic E-state index is 5.81. The summed E-state index contributed by atoms with van der Waals surface area (Å²) in [5, 5.41) is 0. The van der Waals surface area contributed by atoms with Gasteiger partial charge in [-0.3, -0.25) is 0 Å². The van der Waals surface area contributed by atoms with Gasteiger partial charge in [0.05, 0.1) is 12.8 Å². The van der Waals surface area contributed by atoms with Crippen LogP contribution >= 0.6 is 0 Å². The van der Waals surface area contributed by atoms with E-state index in [2.05, 4.69) is 9.88 Å². The first-order valence-electron chi connectivity index (χ1n) is 4.86. The molecular weight excluding hydrogens is 178 g/mol. The standard InChI is InChI=1S/C10H15N3O/c1-14-9-8(11)4-5-12-10(9)13-6-2-3-7-13/h4-5H,2-3,6-7H2,1H3,(H2,11,12). The van der Waals surface area contributed by atoms with E-state index in [4.69, 9.17) is 10.5 Å². The van der Waals surface area contributed by atoms with Crippen molar-refractivity contribution in [1.29, 1.82) is 0 Å². The number of nitrogens with zero attached hydrogens (tertiary/aromatic N) is 2. The molecule has 2 heterocycles. The summed E-state index contributed by atoms with van der Waals surface area (Å²) in [7, 11) is 1.63. The lowest BCUT2D eigenvalue weighted by molar-refractivity contribution is 0.415. The van der Waals surface area contributed by atoms with Crippen molar-refractivity contribution in [1.82, 2.24) is 4.98 Å². The van der Waals surface area contributed by atoms with Gasteiger partial charge in [0.15, 0.2) is 11.6 Å². The summed E-state index contributed by atoms with van der Waals surface area (Å²) in [6, 6.07) is 1.76. The van der Waals surface area contributed by atoms with E-state index in [1.165, 1.54) is 12.8 Å². The van der Waals surface area contributed by atoms with Crippen molar-refractivity contribution in [3.05, 3.63) is 12.3 Å². The highest BCUT2D eigenvalue weighted by molar-refractivity contribution is 5.66. The molecule has 2 N–H and O–H groups in total. The summed E-state index contributed by atoms with van der Waals surface area (Å²) in [6.07, 6.45) is 4.17. The highest BCUT2D eigenvalue weighted by Crippen LogP contribution is 2.32. The third-order valence-corrected chi connectivity index (χ3v) is 2.53. The van der Waals surface area contributed by atoms with Crippen molar-refractivity contribution >= 4 is 11.5 Å². The maximum atomic E-state index is 5.81. The number of rotatable bonds is 2. The normalized spacial score (nSPS) is 15.9. The Balaban J connectivity index is 2.35. The maximum Gasteiger partial charge on any atom is 0.184 e. The van der Waals surface area contributed by atoms with Crippen LogP contribution in [0.1, 0.15) is 12.8 Å². The third kappa shape index (κ3) is 1.47. The summed E-state index contributed by atoms with van der Waals surface area (Å²) >= 11 is 0. The summed E-state index contributed by atoms with van der Waals surface area (Å²) in [6.45, 7) is 2.10. The molecule has 14 heavy (non-hydrogen) atoms. The van der Waals surface area contributed by atoms with Gasteiger partial charge in [0.1, 0.15) is 0 Å². The summed E-state index contributed by atoms with van der Waals surface area (Å²) in [5.41, 5.74) is 6.46. The van der Waals surface area contributed by atoms with Gasteiger partial charge in [-0.1, -0.05) is 0 Å². The number of pyridine rings is 1. The van der Waals surface area contributed by atoms with E-state index in [1.807, 2.05) is 0 Å². The Bertz CT molecular complexity index is 321. The molecule has 1 saturated heterocycles. The molecule has 0 unspecified atom stereocenters. The molecule has 1 aliphatic rings. The molecule has 1 aliphatic heterocycles. The van der Waals surface area contributed by atoms with E-state index in [0.29, 0.717) is 11.4 Å². The van der Waals surface area contributed by atoms with Crippen molar-refractivity contribution < 1.29 is 4.74 Å². The van der Waals surface area contributed by atoms with Crippen LogP contribution in [-0.2, 0) is 0 Å². The van der Waals surface area contributed by atoms with Gasteiger partial charge in [-0.15, -0.1) is 0 Å². The lowest BCUT2D eigenvalue weighted by Crippen LogP contribution is -2.20. The van der Waals surface area contributed by atoms with Gasteiger partial charge in [0.25, 0.3) is 0 Å². The molecule has 1 aromatic heterocycles. The Morgan fingerprint density at radius 1 is 1.43 bits per heavy atom. The Hall–Kier alpha value is -1.45. The number of methoxy groups -OCH3 is 1. The molecule has 1 fully saturated rings. The Kier molecular flexibility index (Phi) is 2.43. The van der Waals surface area contributed by atoms with Gasteiger partial charge >= 0.3 is 0 Å². The van der Waals surface area contributed by atoms with E-state index >= 15 is 0 Å². The van der Waals surface area contributed by atoms with Crippen LogP contribution in [-0.4, -0.2) is 25.2 Å². The number of anilines is 2. The van der Waals surface area contributed by atoms with Crippen LogP contribution in [0.4, 0.5) is 11.5 Å². The molecule has 4 heteroatoms. The van der Waals surface area contributed by atoms with Crippen LogP contribution < -0.4 is 15.4 Å². The number of nitrogens with two attached hydrogens (primary N) is 1. The minimum absolute atomic E-state index is 0.657. The predicted molar refractivity (Wildman–Crippen MR) is 56.6 cm³/mol. The molecule has 0 aromatic carbocycles. The highest BCUT2D eigenvalue weighted by Gasteiger charge is 2.18. The van der Waals surface area contributed by atoms with Crippen molar-refractivity contribution in [2.45, 2.75) is 12.8 Å². The van der Waals surface area contributed by atoms with E-state index in [1.54, 1.807) is 19.4 Å². The van der Waals surface area contributed by atoms with Gasteiger partial charge in [0.2, 0.25) is 0 Å². The average Bonchev–Trinajstić information content (AvgIpc) is 2.70. The van der Waals surface area contributed by atoms with E-state index in [9.17, 15) is 0 Å². The molecule has 1 aromatic rings. The zero-order valence-electron chi connectivity index (χ0n) is 8.36. The van der Waals surface area contributed by atoms with E-state index < -0.39 is 0 Å². The lowest BCUT2D eigenvalue weighted by atomic mass is 10.3. The number of aromatic nitrogens is 1. The molecule has 0 amide bonds. The summed E-state index contributed by atoms with van der Waals surface area (Å²) in [5.74, 6) is 1.58. The molecule has 2 rings (SSSR count). The van der Waals surface area contributed by atoms with Crippen LogP contribution in [0.5, 0.6) is 5.75 Å². The average molecular weight is 193 g/mol. The molecule has 0 radical (unpaired) electrons. The smallest absolute Gasteiger partial charge is 0.184 e. The van der Waals surface area contributed by atoms with Gasteiger partial charge in [0, 0.05) is 19.3 Å². The minimum atomic E-state index is 0.657. The number of hydrogen-bond donors (Lipinski definition) is 1. The molecule has 0 atom stereocenters.